The highest BCUT2D eigenvalue weighted by Gasteiger charge is 2.25. The first-order valence-corrected chi connectivity index (χ1v) is 7.05. The van der Waals surface area contributed by atoms with Crippen molar-refractivity contribution in [2.75, 3.05) is 0 Å². The molecule has 0 N–H and O–H groups in total. The van der Waals surface area contributed by atoms with Crippen LogP contribution in [0.3, 0.4) is 0 Å². The molecule has 0 radical (unpaired) electrons. The predicted octanol–water partition coefficient (Wildman–Crippen LogP) is 3.73. The van der Waals surface area contributed by atoms with Gasteiger partial charge in [-0.3, -0.25) is 10.1 Å². The lowest BCUT2D eigenvalue weighted by molar-refractivity contribution is -0.384. The minimum atomic E-state index is -0.761. The molecule has 0 unspecified atom stereocenters. The Bertz CT molecular complexity index is 887. The lowest BCUT2D eigenvalue weighted by atomic mass is 10.2. The summed E-state index contributed by atoms with van der Waals surface area (Å²) in [5.41, 5.74) is 0.199. The van der Waals surface area contributed by atoms with Crippen LogP contribution in [0.5, 0.6) is 0 Å². The summed E-state index contributed by atoms with van der Waals surface area (Å²) < 4.78 is 18.8. The molecule has 0 saturated carbocycles. The molecule has 1 heterocycles. The topological polar surface area (TPSA) is 81.8 Å². The van der Waals surface area contributed by atoms with Crippen molar-refractivity contribution in [2.24, 2.45) is 4.99 Å². The number of nitro benzene ring substituents is 1. The van der Waals surface area contributed by atoms with E-state index in [0.717, 1.165) is 0 Å². The Kier molecular flexibility index (Phi) is 4.09. The number of hydrogen-bond donors (Lipinski definition) is 0. The predicted molar refractivity (Wildman–Crippen MR) is 85.1 cm³/mol. The number of rotatable bonds is 3. The number of non-ortho nitro benzene ring substituents is 1. The molecule has 0 amide bonds. The first-order valence-electron chi connectivity index (χ1n) is 6.67. The standard InChI is InChI=1S/C16H8ClFN2O4/c17-12-2-1-3-13(18)11(12)8-14-16(21)24-15(19-14)9-4-6-10(7-5-9)20(22)23/h1-8H/b14-8-. The summed E-state index contributed by atoms with van der Waals surface area (Å²) in [7, 11) is 0. The van der Waals surface area contributed by atoms with Gasteiger partial charge in [-0.25, -0.2) is 14.2 Å². The van der Waals surface area contributed by atoms with Crippen LogP contribution >= 0.6 is 11.6 Å². The fraction of sp³-hybridized carbons (Fsp3) is 0. The zero-order chi connectivity index (χ0) is 17.3. The lowest BCUT2D eigenvalue weighted by Gasteiger charge is -1.99. The summed E-state index contributed by atoms with van der Waals surface area (Å²) >= 11 is 5.91. The third-order valence-electron chi connectivity index (χ3n) is 3.23. The van der Waals surface area contributed by atoms with E-state index in [0.29, 0.717) is 5.56 Å². The van der Waals surface area contributed by atoms with Gasteiger partial charge in [0, 0.05) is 23.3 Å². The van der Waals surface area contributed by atoms with Crippen LogP contribution in [0.15, 0.2) is 53.2 Å². The molecule has 6 nitrogen and oxygen atoms in total. The van der Waals surface area contributed by atoms with Crippen LogP contribution in [-0.2, 0) is 9.53 Å². The molecule has 8 heteroatoms. The maximum Gasteiger partial charge on any atom is 0.363 e. The monoisotopic (exact) mass is 346 g/mol. The van der Waals surface area contributed by atoms with E-state index in [2.05, 4.69) is 4.99 Å². The molecule has 0 fully saturated rings. The van der Waals surface area contributed by atoms with Crippen molar-refractivity contribution >= 4 is 35.2 Å². The Balaban J connectivity index is 1.96. The summed E-state index contributed by atoms with van der Waals surface area (Å²) in [5, 5.41) is 10.8. The minimum absolute atomic E-state index is 0.0198. The van der Waals surface area contributed by atoms with Crippen molar-refractivity contribution in [1.82, 2.24) is 0 Å². The van der Waals surface area contributed by atoms with E-state index < -0.39 is 16.7 Å². The molecule has 0 aromatic heterocycles. The highest BCUT2D eigenvalue weighted by molar-refractivity contribution is 6.32. The highest BCUT2D eigenvalue weighted by atomic mass is 35.5. The summed E-state index contributed by atoms with van der Waals surface area (Å²) in [6, 6.07) is 9.48. The van der Waals surface area contributed by atoms with Gasteiger partial charge in [-0.2, -0.15) is 0 Å². The van der Waals surface area contributed by atoms with Crippen LogP contribution < -0.4 is 0 Å². The van der Waals surface area contributed by atoms with Gasteiger partial charge in [-0.1, -0.05) is 17.7 Å². The second-order valence-corrected chi connectivity index (χ2v) is 5.18. The first kappa shape index (κ1) is 15.8. The molecule has 24 heavy (non-hydrogen) atoms. The van der Waals surface area contributed by atoms with Crippen LogP contribution in [0.25, 0.3) is 6.08 Å². The average molecular weight is 347 g/mol. The fourth-order valence-electron chi connectivity index (χ4n) is 2.04. The second kappa shape index (κ2) is 6.21. The lowest BCUT2D eigenvalue weighted by Crippen LogP contribution is -2.05. The van der Waals surface area contributed by atoms with Crippen LogP contribution in [0.1, 0.15) is 11.1 Å². The van der Waals surface area contributed by atoms with Crippen LogP contribution in [0.2, 0.25) is 5.02 Å². The van der Waals surface area contributed by atoms with Crippen molar-refractivity contribution in [3.63, 3.8) is 0 Å². The number of benzene rings is 2. The number of nitro groups is 1. The fourth-order valence-corrected chi connectivity index (χ4v) is 2.26. The van der Waals surface area contributed by atoms with Crippen LogP contribution in [-0.4, -0.2) is 16.8 Å². The van der Waals surface area contributed by atoms with Crippen LogP contribution in [0.4, 0.5) is 10.1 Å². The Morgan fingerprint density at radius 1 is 1.21 bits per heavy atom. The van der Waals surface area contributed by atoms with Crippen molar-refractivity contribution < 1.29 is 18.8 Å². The van der Waals surface area contributed by atoms with Gasteiger partial charge >= 0.3 is 5.97 Å². The quantitative estimate of drug-likeness (QED) is 0.367. The van der Waals surface area contributed by atoms with Gasteiger partial charge in [0.2, 0.25) is 5.90 Å². The van der Waals surface area contributed by atoms with Crippen LogP contribution in [0, 0.1) is 15.9 Å². The van der Waals surface area contributed by atoms with E-state index in [1.54, 1.807) is 0 Å². The molecule has 0 spiro atoms. The molecule has 1 aliphatic rings. The molecular formula is C16H8ClFN2O4. The molecule has 2 aromatic rings. The summed E-state index contributed by atoms with van der Waals surface area (Å²) in [5.74, 6) is -1.38. The Morgan fingerprint density at radius 2 is 1.92 bits per heavy atom. The minimum Gasteiger partial charge on any atom is -0.402 e. The largest absolute Gasteiger partial charge is 0.402 e. The number of cyclic esters (lactones) is 1. The zero-order valence-electron chi connectivity index (χ0n) is 11.9. The van der Waals surface area contributed by atoms with Gasteiger partial charge in [0.25, 0.3) is 5.69 Å². The molecule has 0 aliphatic carbocycles. The molecule has 0 bridgehead atoms. The van der Waals surface area contributed by atoms with Crippen molar-refractivity contribution in [2.45, 2.75) is 0 Å². The second-order valence-electron chi connectivity index (χ2n) is 4.78. The van der Waals surface area contributed by atoms with E-state index in [-0.39, 0.29) is 27.9 Å². The van der Waals surface area contributed by atoms with Gasteiger partial charge in [0.1, 0.15) is 5.82 Å². The van der Waals surface area contributed by atoms with Gasteiger partial charge in [0.15, 0.2) is 5.70 Å². The number of aliphatic imine (C=N–C) groups is 1. The number of nitrogens with zero attached hydrogens (tertiary/aromatic N) is 2. The van der Waals surface area contributed by atoms with Gasteiger partial charge in [-0.05, 0) is 30.3 Å². The van der Waals surface area contributed by atoms with Gasteiger partial charge < -0.3 is 4.74 Å². The summed E-state index contributed by atoms with van der Waals surface area (Å²) in [6.45, 7) is 0. The maximum absolute atomic E-state index is 13.8. The smallest absolute Gasteiger partial charge is 0.363 e. The summed E-state index contributed by atoms with van der Waals surface area (Å²) in [6.07, 6.45) is 1.19. The molecule has 0 atom stereocenters. The molecular weight excluding hydrogens is 339 g/mol. The van der Waals surface area contributed by atoms with Crippen molar-refractivity contribution in [3.05, 3.63) is 80.2 Å². The number of hydrogen-bond acceptors (Lipinski definition) is 5. The van der Waals surface area contributed by atoms with E-state index >= 15 is 0 Å². The number of carbonyl (C=O) groups is 1. The first-order chi connectivity index (χ1) is 11.5. The molecule has 0 saturated heterocycles. The highest BCUT2D eigenvalue weighted by Crippen LogP contribution is 2.25. The number of carbonyl (C=O) groups excluding carboxylic acids is 1. The SMILES string of the molecule is O=C1OC(c2ccc([N+](=O)[O-])cc2)=N/C1=C\c1c(F)cccc1Cl. The molecule has 3 rings (SSSR count). The van der Waals surface area contributed by atoms with E-state index in [4.69, 9.17) is 16.3 Å². The molecule has 2 aromatic carbocycles. The number of halogens is 2. The summed E-state index contributed by atoms with van der Waals surface area (Å²) in [4.78, 5) is 26.0. The molecule has 120 valence electrons. The third kappa shape index (κ3) is 3.02. The zero-order valence-corrected chi connectivity index (χ0v) is 12.7. The van der Waals surface area contributed by atoms with Gasteiger partial charge in [-0.15, -0.1) is 0 Å². The number of ether oxygens (including phenoxy) is 1. The van der Waals surface area contributed by atoms with E-state index in [1.165, 1.54) is 48.5 Å². The third-order valence-corrected chi connectivity index (χ3v) is 3.56. The van der Waals surface area contributed by atoms with Gasteiger partial charge in [0.05, 0.1) is 9.95 Å². The van der Waals surface area contributed by atoms with Crippen molar-refractivity contribution in [1.29, 1.82) is 0 Å². The van der Waals surface area contributed by atoms with E-state index in [9.17, 15) is 19.3 Å². The van der Waals surface area contributed by atoms with Crippen molar-refractivity contribution in [3.8, 4) is 0 Å². The Morgan fingerprint density at radius 3 is 2.54 bits per heavy atom. The Labute approximate surface area is 140 Å². The average Bonchev–Trinajstić information content (AvgIpc) is 2.92. The number of esters is 1. The normalized spacial score (nSPS) is 15.3. The van der Waals surface area contributed by atoms with E-state index in [1.807, 2.05) is 0 Å². The Hall–Kier alpha value is -3.06. The molecule has 1 aliphatic heterocycles. The maximum atomic E-state index is 13.8.